The molecule has 0 aromatic heterocycles. The molecule has 0 saturated carbocycles. The van der Waals surface area contributed by atoms with Crippen molar-refractivity contribution in [3.63, 3.8) is 0 Å². The van der Waals surface area contributed by atoms with E-state index in [2.05, 4.69) is 38.8 Å². The van der Waals surface area contributed by atoms with Gasteiger partial charge >= 0.3 is 5.97 Å². The van der Waals surface area contributed by atoms with Crippen LogP contribution in [0.2, 0.25) is 0 Å². The summed E-state index contributed by atoms with van der Waals surface area (Å²) in [7, 11) is 1.47. The molecule has 1 heterocycles. The van der Waals surface area contributed by atoms with E-state index in [1.165, 1.54) is 38.5 Å². The zero-order valence-corrected chi connectivity index (χ0v) is 19.5. The van der Waals surface area contributed by atoms with Gasteiger partial charge in [0.2, 0.25) is 0 Å². The minimum atomic E-state index is -0.0922. The second-order valence-electron chi connectivity index (χ2n) is 9.75. The van der Waals surface area contributed by atoms with Crippen molar-refractivity contribution in [2.45, 2.75) is 104 Å². The van der Waals surface area contributed by atoms with Gasteiger partial charge in [-0.25, -0.2) is 0 Å². The fourth-order valence-corrected chi connectivity index (χ4v) is 4.86. The topological polar surface area (TPSA) is 47.9 Å². The summed E-state index contributed by atoms with van der Waals surface area (Å²) >= 11 is 0. The van der Waals surface area contributed by atoms with Gasteiger partial charge in [0.25, 0.3) is 0 Å². The summed E-state index contributed by atoms with van der Waals surface area (Å²) in [4.78, 5) is 16.1. The Balaban J connectivity index is 1.94. The van der Waals surface area contributed by atoms with E-state index in [1.807, 2.05) is 0 Å². The lowest BCUT2D eigenvalue weighted by Gasteiger charge is -2.42. The van der Waals surface area contributed by atoms with Gasteiger partial charge in [-0.15, -0.1) is 0 Å². The number of rotatable bonds is 11. The van der Waals surface area contributed by atoms with Gasteiger partial charge in [-0.2, -0.15) is 0 Å². The number of methoxy groups -OCH3 is 1. The minimum Gasteiger partial charge on any atom is -0.469 e. The molecule has 0 fully saturated rings. The molecule has 0 saturated heterocycles. The van der Waals surface area contributed by atoms with Crippen molar-refractivity contribution in [1.29, 1.82) is 0 Å². The molecule has 2 rings (SSSR count). The van der Waals surface area contributed by atoms with Crippen LogP contribution in [0.15, 0.2) is 16.6 Å². The highest BCUT2D eigenvalue weighted by Gasteiger charge is 2.37. The summed E-state index contributed by atoms with van der Waals surface area (Å²) in [5.41, 5.74) is 2.93. The van der Waals surface area contributed by atoms with Crippen LogP contribution in [-0.2, 0) is 14.3 Å². The number of carbonyl (C=O) groups is 1. The normalized spacial score (nSPS) is 23.9. The largest absolute Gasteiger partial charge is 0.469 e. The maximum atomic E-state index is 11.5. The lowest BCUT2D eigenvalue weighted by atomic mass is 9.65. The molecule has 29 heavy (non-hydrogen) atoms. The fraction of sp³-hybridized carbons (Fsp3) is 0.840. The molecule has 1 unspecified atom stereocenters. The molecule has 0 radical (unpaired) electrons. The summed E-state index contributed by atoms with van der Waals surface area (Å²) in [5, 5.41) is 0. The molecule has 0 spiro atoms. The summed E-state index contributed by atoms with van der Waals surface area (Å²) in [5.74, 6) is 0.510. The number of allylic oxidation sites excluding steroid dienone is 1. The van der Waals surface area contributed by atoms with Crippen LogP contribution in [-0.4, -0.2) is 37.5 Å². The van der Waals surface area contributed by atoms with Gasteiger partial charge in [0.15, 0.2) is 0 Å². The first-order chi connectivity index (χ1) is 13.8. The van der Waals surface area contributed by atoms with Crippen LogP contribution >= 0.6 is 0 Å². The number of hydrogen-bond donors (Lipinski definition) is 0. The Bertz CT molecular complexity index is 593. The SMILES string of the molecule is CCC[C@H](CCCC(=O)OC)C(C)(C)C1=CCC(C)(OCC2=NCCCC2)CC1. The van der Waals surface area contributed by atoms with Gasteiger partial charge in [0, 0.05) is 18.7 Å². The van der Waals surface area contributed by atoms with Crippen molar-refractivity contribution >= 4 is 11.7 Å². The van der Waals surface area contributed by atoms with Crippen molar-refractivity contribution in [1.82, 2.24) is 0 Å². The molecule has 2 atom stereocenters. The highest BCUT2D eigenvalue weighted by Crippen LogP contribution is 2.46. The zero-order valence-electron chi connectivity index (χ0n) is 19.5. The first kappa shape index (κ1) is 24.1. The molecule has 0 bridgehead atoms. The fourth-order valence-electron chi connectivity index (χ4n) is 4.86. The maximum absolute atomic E-state index is 11.5. The standard InChI is InChI=1S/C25H43NO3/c1-6-10-20(11-9-13-23(27)28-5)24(2,3)21-14-16-25(4,17-15-21)29-19-22-12-7-8-18-26-22/h14,20H,6-13,15-19H2,1-5H3/t20-,25?/m1/s1. The Hall–Kier alpha value is -1.16. The van der Waals surface area contributed by atoms with Crippen LogP contribution in [0.3, 0.4) is 0 Å². The van der Waals surface area contributed by atoms with Crippen molar-refractivity contribution in [2.24, 2.45) is 16.3 Å². The minimum absolute atomic E-state index is 0.0648. The second-order valence-corrected chi connectivity index (χ2v) is 9.75. The first-order valence-electron chi connectivity index (χ1n) is 11.7. The number of nitrogens with zero attached hydrogens (tertiary/aromatic N) is 1. The highest BCUT2D eigenvalue weighted by molar-refractivity contribution is 5.86. The van der Waals surface area contributed by atoms with Gasteiger partial charge in [-0.05, 0) is 76.0 Å². The van der Waals surface area contributed by atoms with Crippen LogP contribution in [0.5, 0.6) is 0 Å². The van der Waals surface area contributed by atoms with Crippen molar-refractivity contribution in [3.05, 3.63) is 11.6 Å². The van der Waals surface area contributed by atoms with E-state index in [0.717, 1.165) is 45.1 Å². The van der Waals surface area contributed by atoms with Gasteiger partial charge < -0.3 is 9.47 Å². The Morgan fingerprint density at radius 1 is 1.28 bits per heavy atom. The number of hydrogen-bond acceptors (Lipinski definition) is 4. The molecule has 166 valence electrons. The second kappa shape index (κ2) is 11.3. The Labute approximate surface area is 178 Å². The lowest BCUT2D eigenvalue weighted by molar-refractivity contribution is -0.140. The quantitative estimate of drug-likeness (QED) is 0.300. The lowest BCUT2D eigenvalue weighted by Crippen LogP contribution is -2.36. The third-order valence-electron chi connectivity index (χ3n) is 7.15. The molecule has 1 aliphatic carbocycles. The number of aliphatic imine (C=N–C) groups is 1. The van der Waals surface area contributed by atoms with E-state index in [0.29, 0.717) is 18.9 Å². The van der Waals surface area contributed by atoms with Crippen LogP contribution in [0, 0.1) is 11.3 Å². The smallest absolute Gasteiger partial charge is 0.305 e. The number of ether oxygens (including phenoxy) is 2. The number of esters is 1. The van der Waals surface area contributed by atoms with Crippen LogP contribution in [0.25, 0.3) is 0 Å². The molecular weight excluding hydrogens is 362 g/mol. The zero-order chi connectivity index (χ0) is 21.3. The molecule has 1 aliphatic heterocycles. The molecular formula is C25H43NO3. The molecule has 0 aromatic rings. The third kappa shape index (κ3) is 7.24. The first-order valence-corrected chi connectivity index (χ1v) is 11.7. The van der Waals surface area contributed by atoms with Gasteiger partial charge in [-0.3, -0.25) is 9.79 Å². The summed E-state index contributed by atoms with van der Waals surface area (Å²) in [6.07, 6.45) is 14.1. The van der Waals surface area contributed by atoms with Gasteiger partial charge in [0.1, 0.15) is 0 Å². The molecule has 0 aromatic carbocycles. The van der Waals surface area contributed by atoms with Crippen LogP contribution in [0.1, 0.15) is 98.3 Å². The van der Waals surface area contributed by atoms with Gasteiger partial charge in [-0.1, -0.05) is 38.8 Å². The summed E-state index contributed by atoms with van der Waals surface area (Å²) < 4.78 is 11.2. The summed E-state index contributed by atoms with van der Waals surface area (Å²) in [6.45, 7) is 11.0. The maximum Gasteiger partial charge on any atom is 0.305 e. The molecule has 4 nitrogen and oxygen atoms in total. The predicted molar refractivity (Wildman–Crippen MR) is 120 cm³/mol. The Morgan fingerprint density at radius 2 is 2.07 bits per heavy atom. The van der Waals surface area contributed by atoms with Crippen molar-refractivity contribution in [3.8, 4) is 0 Å². The third-order valence-corrected chi connectivity index (χ3v) is 7.15. The van der Waals surface area contributed by atoms with E-state index >= 15 is 0 Å². The van der Waals surface area contributed by atoms with Gasteiger partial charge in [0.05, 0.1) is 19.3 Å². The van der Waals surface area contributed by atoms with E-state index in [9.17, 15) is 4.79 Å². The Kier molecular flexibility index (Phi) is 9.39. The van der Waals surface area contributed by atoms with E-state index < -0.39 is 0 Å². The predicted octanol–water partition coefficient (Wildman–Crippen LogP) is 6.28. The molecule has 0 amide bonds. The van der Waals surface area contributed by atoms with Crippen LogP contribution < -0.4 is 0 Å². The highest BCUT2D eigenvalue weighted by atomic mass is 16.5. The average molecular weight is 406 g/mol. The summed E-state index contributed by atoms with van der Waals surface area (Å²) in [6, 6.07) is 0. The monoisotopic (exact) mass is 405 g/mol. The van der Waals surface area contributed by atoms with E-state index in [-0.39, 0.29) is 17.0 Å². The average Bonchev–Trinajstić information content (AvgIpc) is 2.72. The van der Waals surface area contributed by atoms with Crippen LogP contribution in [0.4, 0.5) is 0 Å². The van der Waals surface area contributed by atoms with E-state index in [1.54, 1.807) is 5.57 Å². The Morgan fingerprint density at radius 3 is 2.66 bits per heavy atom. The van der Waals surface area contributed by atoms with Crippen molar-refractivity contribution in [2.75, 3.05) is 20.3 Å². The molecule has 4 heteroatoms. The molecule has 2 aliphatic rings. The van der Waals surface area contributed by atoms with Crippen molar-refractivity contribution < 1.29 is 14.3 Å². The number of carbonyl (C=O) groups excluding carboxylic acids is 1. The van der Waals surface area contributed by atoms with E-state index in [4.69, 9.17) is 9.47 Å². The molecule has 0 N–H and O–H groups in total.